The van der Waals surface area contributed by atoms with Crippen molar-refractivity contribution in [3.05, 3.63) is 23.8 Å². The quantitative estimate of drug-likeness (QED) is 0.691. The molecule has 1 saturated heterocycles. The molecule has 1 aliphatic rings. The molecule has 0 aliphatic carbocycles. The summed E-state index contributed by atoms with van der Waals surface area (Å²) in [6.07, 6.45) is 0. The summed E-state index contributed by atoms with van der Waals surface area (Å²) in [4.78, 5) is 0. The zero-order valence-corrected chi connectivity index (χ0v) is 17.7. The largest absolute Gasteiger partial charge is 0.498 e. The maximum Gasteiger partial charge on any atom is 0.498 e. The highest BCUT2D eigenvalue weighted by Gasteiger charge is 2.52. The van der Waals surface area contributed by atoms with E-state index in [0.29, 0.717) is 5.75 Å². The van der Waals surface area contributed by atoms with Crippen molar-refractivity contribution in [2.45, 2.75) is 45.4 Å². The van der Waals surface area contributed by atoms with Crippen LogP contribution in [0.4, 0.5) is 0 Å². The van der Waals surface area contributed by atoms with Crippen LogP contribution in [0.25, 0.3) is 0 Å². The van der Waals surface area contributed by atoms with Crippen molar-refractivity contribution >= 4 is 22.8 Å². The Bertz CT molecular complexity index is 748. The number of benzene rings is 1. The molecule has 1 aromatic carbocycles. The van der Waals surface area contributed by atoms with Gasteiger partial charge in [-0.2, -0.15) is 17.0 Å². The second-order valence-corrected chi connectivity index (χ2v) is 9.96. The highest BCUT2D eigenvalue weighted by Crippen LogP contribution is 2.37. The predicted molar refractivity (Wildman–Crippen MR) is 103 cm³/mol. The van der Waals surface area contributed by atoms with E-state index >= 15 is 0 Å². The van der Waals surface area contributed by atoms with E-state index in [-0.39, 0.29) is 6.54 Å². The fourth-order valence-electron chi connectivity index (χ4n) is 2.65. The molecule has 0 aromatic heterocycles. The monoisotopic (exact) mass is 384 g/mol. The summed E-state index contributed by atoms with van der Waals surface area (Å²) in [7, 11) is 2.09. The van der Waals surface area contributed by atoms with Gasteiger partial charge in [-0.3, -0.25) is 0 Å². The number of hydrogen-bond acceptors (Lipinski definition) is 5. The third-order valence-electron chi connectivity index (χ3n) is 5.06. The smallest absolute Gasteiger partial charge is 0.497 e. The summed E-state index contributed by atoms with van der Waals surface area (Å²) >= 11 is 0. The first-order valence-corrected chi connectivity index (χ1v) is 9.88. The van der Waals surface area contributed by atoms with Crippen LogP contribution in [0, 0.1) is 0 Å². The number of nitrogens with zero attached hydrogens (tertiary/aromatic N) is 2. The van der Waals surface area contributed by atoms with Gasteiger partial charge in [0.05, 0.1) is 18.3 Å². The van der Waals surface area contributed by atoms with Gasteiger partial charge in [0.1, 0.15) is 5.75 Å². The van der Waals surface area contributed by atoms with Gasteiger partial charge in [-0.1, -0.05) is 12.1 Å². The molecule has 146 valence electrons. The first kappa shape index (κ1) is 21.2. The summed E-state index contributed by atoms with van der Waals surface area (Å²) in [6, 6.07) is 5.53. The van der Waals surface area contributed by atoms with Gasteiger partial charge in [0.15, 0.2) is 0 Å². The van der Waals surface area contributed by atoms with Gasteiger partial charge in [0, 0.05) is 33.2 Å². The third kappa shape index (κ3) is 3.92. The van der Waals surface area contributed by atoms with Crippen LogP contribution in [-0.2, 0) is 26.1 Å². The van der Waals surface area contributed by atoms with Crippen LogP contribution in [0.3, 0.4) is 0 Å². The Hall–Kier alpha value is -1.13. The van der Waals surface area contributed by atoms with E-state index < -0.39 is 28.5 Å². The van der Waals surface area contributed by atoms with Crippen molar-refractivity contribution in [1.29, 1.82) is 0 Å². The standard InChI is InChI=1S/C17H29BN2O5S/c1-16(2)17(3,4)25-18(24-16)14-11-13(9-10-15(14)23-8)12-20(7)26(21,22)19(5)6/h9-11H,12H2,1-8H3. The topological polar surface area (TPSA) is 68.3 Å². The summed E-state index contributed by atoms with van der Waals surface area (Å²) in [5, 5.41) is 0. The number of rotatable bonds is 6. The molecule has 7 nitrogen and oxygen atoms in total. The molecule has 0 unspecified atom stereocenters. The molecule has 1 aliphatic heterocycles. The molecule has 0 bridgehead atoms. The van der Waals surface area contributed by atoms with Gasteiger partial charge in [0.2, 0.25) is 0 Å². The summed E-state index contributed by atoms with van der Waals surface area (Å²) in [5.74, 6) is 0.644. The molecule has 0 saturated carbocycles. The third-order valence-corrected chi connectivity index (χ3v) is 6.90. The van der Waals surface area contributed by atoms with Gasteiger partial charge < -0.3 is 14.0 Å². The van der Waals surface area contributed by atoms with Crippen molar-refractivity contribution in [2.75, 3.05) is 28.3 Å². The van der Waals surface area contributed by atoms with Crippen molar-refractivity contribution in [2.24, 2.45) is 0 Å². The average Bonchev–Trinajstić information content (AvgIpc) is 2.75. The highest BCUT2D eigenvalue weighted by molar-refractivity contribution is 7.86. The Kier molecular flexibility index (Phi) is 5.80. The first-order valence-electron chi connectivity index (χ1n) is 8.48. The van der Waals surface area contributed by atoms with Crippen molar-refractivity contribution < 1.29 is 22.5 Å². The van der Waals surface area contributed by atoms with E-state index in [4.69, 9.17) is 14.0 Å². The van der Waals surface area contributed by atoms with Crippen LogP contribution in [0.2, 0.25) is 0 Å². The van der Waals surface area contributed by atoms with E-state index in [9.17, 15) is 8.42 Å². The molecule has 0 spiro atoms. The van der Waals surface area contributed by atoms with E-state index in [2.05, 4.69) is 0 Å². The summed E-state index contributed by atoms with van der Waals surface area (Å²) < 4.78 is 44.7. The molecule has 0 radical (unpaired) electrons. The Morgan fingerprint density at radius 3 is 2.08 bits per heavy atom. The van der Waals surface area contributed by atoms with Crippen LogP contribution in [0.15, 0.2) is 18.2 Å². The van der Waals surface area contributed by atoms with E-state index in [1.807, 2.05) is 45.9 Å². The zero-order chi connectivity index (χ0) is 19.9. The van der Waals surface area contributed by atoms with Crippen LogP contribution in [0.5, 0.6) is 5.75 Å². The maximum absolute atomic E-state index is 12.2. The first-order chi connectivity index (χ1) is 11.8. The minimum absolute atomic E-state index is 0.233. The van der Waals surface area contributed by atoms with Crippen LogP contribution < -0.4 is 10.2 Å². The lowest BCUT2D eigenvalue weighted by Gasteiger charge is -2.32. The molecule has 0 atom stereocenters. The molecule has 1 aromatic rings. The zero-order valence-electron chi connectivity index (χ0n) is 16.9. The number of methoxy groups -OCH3 is 1. The van der Waals surface area contributed by atoms with Crippen LogP contribution >= 0.6 is 0 Å². The summed E-state index contributed by atoms with van der Waals surface area (Å²) in [5.41, 5.74) is 0.635. The molecular formula is C17H29BN2O5S. The molecule has 1 fully saturated rings. The SMILES string of the molecule is COc1ccc(CN(C)S(=O)(=O)N(C)C)cc1B1OC(C)(C)C(C)(C)O1. The Morgan fingerprint density at radius 1 is 1.08 bits per heavy atom. The lowest BCUT2D eigenvalue weighted by Crippen LogP contribution is -2.41. The Balaban J connectivity index is 2.33. The van der Waals surface area contributed by atoms with Crippen molar-refractivity contribution in [3.63, 3.8) is 0 Å². The number of hydrogen-bond donors (Lipinski definition) is 0. The van der Waals surface area contributed by atoms with Crippen LogP contribution in [-0.4, -0.2) is 63.6 Å². The lowest BCUT2D eigenvalue weighted by atomic mass is 9.77. The molecule has 26 heavy (non-hydrogen) atoms. The average molecular weight is 384 g/mol. The van der Waals surface area contributed by atoms with Gasteiger partial charge >= 0.3 is 7.12 Å². The molecular weight excluding hydrogens is 355 g/mol. The lowest BCUT2D eigenvalue weighted by molar-refractivity contribution is 0.00578. The normalized spacial score (nSPS) is 19.4. The van der Waals surface area contributed by atoms with Gasteiger partial charge in [0.25, 0.3) is 10.2 Å². The molecule has 0 amide bonds. The predicted octanol–water partition coefficient (Wildman–Crippen LogP) is 1.23. The molecule has 9 heteroatoms. The van der Waals surface area contributed by atoms with E-state index in [1.165, 1.54) is 22.7 Å². The molecule has 2 rings (SSSR count). The van der Waals surface area contributed by atoms with Crippen molar-refractivity contribution in [3.8, 4) is 5.75 Å². The van der Waals surface area contributed by atoms with Crippen molar-refractivity contribution in [1.82, 2.24) is 8.61 Å². The molecule has 1 heterocycles. The van der Waals surface area contributed by atoms with Gasteiger partial charge in [-0.05, 0) is 39.3 Å². The maximum atomic E-state index is 12.2. The Labute approximate surface area is 157 Å². The highest BCUT2D eigenvalue weighted by atomic mass is 32.2. The van der Waals surface area contributed by atoms with E-state index in [1.54, 1.807) is 14.2 Å². The van der Waals surface area contributed by atoms with Gasteiger partial charge in [-0.15, -0.1) is 0 Å². The summed E-state index contributed by atoms with van der Waals surface area (Å²) in [6.45, 7) is 8.18. The second-order valence-electron chi connectivity index (χ2n) is 7.71. The Morgan fingerprint density at radius 2 is 1.62 bits per heavy atom. The minimum Gasteiger partial charge on any atom is -0.497 e. The number of ether oxygens (including phenoxy) is 1. The van der Waals surface area contributed by atoms with Gasteiger partial charge in [-0.25, -0.2) is 0 Å². The fourth-order valence-corrected chi connectivity index (χ4v) is 3.52. The second kappa shape index (κ2) is 7.12. The molecule has 0 N–H and O–H groups in total. The minimum atomic E-state index is -3.49. The fraction of sp³-hybridized carbons (Fsp3) is 0.647. The van der Waals surface area contributed by atoms with Crippen LogP contribution in [0.1, 0.15) is 33.3 Å². The van der Waals surface area contributed by atoms with E-state index in [0.717, 1.165) is 11.0 Å².